The lowest BCUT2D eigenvalue weighted by molar-refractivity contribution is -0.120. The van der Waals surface area contributed by atoms with Crippen molar-refractivity contribution in [3.63, 3.8) is 0 Å². The number of aromatic nitrogens is 2. The highest BCUT2D eigenvalue weighted by Gasteiger charge is 2.54. The number of nitriles is 1. The van der Waals surface area contributed by atoms with Gasteiger partial charge in [-0.25, -0.2) is 0 Å². The van der Waals surface area contributed by atoms with E-state index in [1.165, 1.54) is 50.3 Å². The van der Waals surface area contributed by atoms with Gasteiger partial charge < -0.3 is 9.73 Å². The van der Waals surface area contributed by atoms with Crippen molar-refractivity contribution in [2.24, 2.45) is 23.7 Å². The zero-order valence-electron chi connectivity index (χ0n) is 16.3. The lowest BCUT2D eigenvalue weighted by Crippen LogP contribution is -2.49. The smallest absolute Gasteiger partial charge is 0.277 e. The van der Waals surface area contributed by atoms with Crippen LogP contribution in [-0.2, 0) is 10.2 Å². The summed E-state index contributed by atoms with van der Waals surface area (Å²) in [6.07, 6.45) is 7.68. The number of nitrogens with one attached hydrogen (secondary N) is 1. The molecule has 1 aromatic rings. The number of rotatable bonds is 6. The molecule has 6 nitrogen and oxygen atoms in total. The van der Waals surface area contributed by atoms with Gasteiger partial charge in [0.25, 0.3) is 5.22 Å². The molecule has 1 atom stereocenters. The molecule has 4 fully saturated rings. The summed E-state index contributed by atoms with van der Waals surface area (Å²) in [5.41, 5.74) is -0.781. The van der Waals surface area contributed by atoms with Crippen LogP contribution < -0.4 is 5.32 Å². The van der Waals surface area contributed by atoms with Gasteiger partial charge in [-0.3, -0.25) is 4.79 Å². The first-order valence-electron chi connectivity index (χ1n) is 10.0. The first-order valence-corrected chi connectivity index (χ1v) is 11.0. The van der Waals surface area contributed by atoms with E-state index in [-0.39, 0.29) is 23.0 Å². The molecule has 1 heterocycles. The van der Waals surface area contributed by atoms with Gasteiger partial charge in [0.15, 0.2) is 0 Å². The van der Waals surface area contributed by atoms with Crippen LogP contribution in [0.25, 0.3) is 0 Å². The first-order chi connectivity index (χ1) is 12.8. The van der Waals surface area contributed by atoms with E-state index in [4.69, 9.17) is 4.42 Å². The van der Waals surface area contributed by atoms with Crippen molar-refractivity contribution in [2.75, 3.05) is 5.75 Å². The summed E-state index contributed by atoms with van der Waals surface area (Å²) < 4.78 is 6.02. The predicted octanol–water partition coefficient (Wildman–Crippen LogP) is 3.68. The van der Waals surface area contributed by atoms with E-state index >= 15 is 0 Å². The highest BCUT2D eigenvalue weighted by atomic mass is 32.2. The lowest BCUT2D eigenvalue weighted by atomic mass is 9.49. The van der Waals surface area contributed by atoms with E-state index < -0.39 is 5.54 Å². The molecule has 0 radical (unpaired) electrons. The number of carbonyl (C=O) groups is 1. The molecule has 27 heavy (non-hydrogen) atoms. The third-order valence-electron chi connectivity index (χ3n) is 7.01. The van der Waals surface area contributed by atoms with Crippen LogP contribution in [0.1, 0.15) is 65.2 Å². The Bertz CT molecular complexity index is 733. The zero-order chi connectivity index (χ0) is 19.2. The van der Waals surface area contributed by atoms with Crippen molar-refractivity contribution in [1.82, 2.24) is 15.5 Å². The summed E-state index contributed by atoms with van der Waals surface area (Å²) in [5, 5.41) is 21.2. The Morgan fingerprint density at radius 3 is 2.41 bits per heavy atom. The average Bonchev–Trinajstić information content (AvgIpc) is 3.08. The molecule has 5 rings (SSSR count). The third kappa shape index (κ3) is 3.49. The Labute approximate surface area is 164 Å². The Hall–Kier alpha value is -1.55. The maximum Gasteiger partial charge on any atom is 0.277 e. The van der Waals surface area contributed by atoms with Gasteiger partial charge in [-0.1, -0.05) is 25.6 Å². The molecule has 4 aliphatic carbocycles. The zero-order valence-corrected chi connectivity index (χ0v) is 17.1. The predicted molar refractivity (Wildman–Crippen MR) is 102 cm³/mol. The molecule has 4 aliphatic rings. The van der Waals surface area contributed by atoms with Crippen LogP contribution in [0.3, 0.4) is 0 Å². The van der Waals surface area contributed by atoms with Crippen LogP contribution in [-0.4, -0.2) is 27.4 Å². The Morgan fingerprint density at radius 2 is 1.89 bits per heavy atom. The monoisotopic (exact) mass is 388 g/mol. The number of nitrogens with zero attached hydrogens (tertiary/aromatic N) is 3. The largest absolute Gasteiger partial charge is 0.415 e. The molecule has 4 saturated carbocycles. The minimum absolute atomic E-state index is 0.0301. The highest BCUT2D eigenvalue weighted by Crippen LogP contribution is 2.60. The van der Waals surface area contributed by atoms with Crippen LogP contribution in [0.15, 0.2) is 9.64 Å². The summed E-state index contributed by atoms with van der Waals surface area (Å²) in [6, 6.07) is 2.19. The molecule has 0 unspecified atom stereocenters. The van der Waals surface area contributed by atoms with Crippen molar-refractivity contribution in [3.8, 4) is 6.07 Å². The van der Waals surface area contributed by atoms with Crippen LogP contribution in [0, 0.1) is 35.0 Å². The fourth-order valence-electron chi connectivity index (χ4n) is 5.61. The molecule has 0 spiro atoms. The third-order valence-corrected chi connectivity index (χ3v) is 7.83. The van der Waals surface area contributed by atoms with Gasteiger partial charge in [0, 0.05) is 5.41 Å². The Balaban J connectivity index is 1.38. The van der Waals surface area contributed by atoms with Gasteiger partial charge in [0.1, 0.15) is 5.54 Å². The van der Waals surface area contributed by atoms with E-state index in [2.05, 4.69) is 21.6 Å². The van der Waals surface area contributed by atoms with E-state index in [1.807, 2.05) is 13.8 Å². The molecule has 146 valence electrons. The summed E-state index contributed by atoms with van der Waals surface area (Å²) >= 11 is 1.25. The van der Waals surface area contributed by atoms with Gasteiger partial charge in [-0.15, -0.1) is 10.2 Å². The Kier molecular flexibility index (Phi) is 4.74. The van der Waals surface area contributed by atoms with Crippen molar-refractivity contribution in [1.29, 1.82) is 5.26 Å². The SMILES string of the molecule is CC(C)[C@](C)(C#N)NC(=O)CSc1nnc(C23CC4CC(CC(C4)C2)C3)o1. The second-order valence-corrected chi connectivity index (χ2v) is 10.3. The number of thioether (sulfide) groups is 1. The van der Waals surface area contributed by atoms with Gasteiger partial charge in [0.2, 0.25) is 11.8 Å². The number of carbonyl (C=O) groups excluding carboxylic acids is 1. The molecular weight excluding hydrogens is 360 g/mol. The highest BCUT2D eigenvalue weighted by molar-refractivity contribution is 7.99. The summed E-state index contributed by atoms with van der Waals surface area (Å²) in [5.74, 6) is 3.27. The van der Waals surface area contributed by atoms with E-state index in [1.54, 1.807) is 6.92 Å². The fraction of sp³-hybridized carbons (Fsp3) is 0.800. The first kappa shape index (κ1) is 18.8. The number of hydrogen-bond donors (Lipinski definition) is 1. The van der Waals surface area contributed by atoms with Gasteiger partial charge in [-0.05, 0) is 69.1 Å². The maximum absolute atomic E-state index is 12.3. The van der Waals surface area contributed by atoms with Crippen molar-refractivity contribution < 1.29 is 9.21 Å². The van der Waals surface area contributed by atoms with Crippen LogP contribution in [0.4, 0.5) is 0 Å². The number of hydrogen-bond acceptors (Lipinski definition) is 6. The van der Waals surface area contributed by atoms with Crippen LogP contribution in [0.5, 0.6) is 0 Å². The summed E-state index contributed by atoms with van der Waals surface area (Å²) in [4.78, 5) is 12.3. The Morgan fingerprint density at radius 1 is 1.30 bits per heavy atom. The van der Waals surface area contributed by atoms with Gasteiger partial charge >= 0.3 is 0 Å². The second-order valence-electron chi connectivity index (χ2n) is 9.38. The normalized spacial score (nSPS) is 33.7. The van der Waals surface area contributed by atoms with Crippen molar-refractivity contribution in [2.45, 2.75) is 75.5 Å². The molecular formula is C20H28N4O2S. The summed E-state index contributed by atoms with van der Waals surface area (Å²) in [7, 11) is 0. The lowest BCUT2D eigenvalue weighted by Gasteiger charge is -2.55. The van der Waals surface area contributed by atoms with E-state index in [9.17, 15) is 10.1 Å². The molecule has 7 heteroatoms. The molecule has 0 aromatic carbocycles. The van der Waals surface area contributed by atoms with E-state index in [0.717, 1.165) is 23.6 Å². The van der Waals surface area contributed by atoms with Crippen LogP contribution in [0.2, 0.25) is 0 Å². The minimum atomic E-state index is -0.864. The molecule has 1 N–H and O–H groups in total. The molecule has 0 aliphatic heterocycles. The molecule has 1 amide bonds. The molecule has 1 aromatic heterocycles. The van der Waals surface area contributed by atoms with E-state index in [0.29, 0.717) is 5.22 Å². The van der Waals surface area contributed by atoms with Crippen molar-refractivity contribution >= 4 is 17.7 Å². The quantitative estimate of drug-likeness (QED) is 0.747. The van der Waals surface area contributed by atoms with Crippen molar-refractivity contribution in [3.05, 3.63) is 5.89 Å². The molecule has 4 bridgehead atoms. The van der Waals surface area contributed by atoms with Gasteiger partial charge in [0.05, 0.1) is 11.8 Å². The fourth-order valence-corrected chi connectivity index (χ4v) is 6.17. The second kappa shape index (κ2) is 6.80. The standard InChI is InChI=1S/C20H28N4O2S/c1-12(2)19(3,11-21)22-16(25)10-27-18-24-23-17(26-18)20-7-13-4-14(8-20)6-15(5-13)9-20/h12-15H,4-10H2,1-3H3,(H,22,25)/t13?,14?,15?,19-,20?/m0/s1. The average molecular weight is 389 g/mol. The number of amides is 1. The minimum Gasteiger partial charge on any atom is -0.415 e. The maximum atomic E-state index is 12.3. The van der Waals surface area contributed by atoms with Crippen LogP contribution >= 0.6 is 11.8 Å². The molecule has 0 saturated heterocycles. The van der Waals surface area contributed by atoms with Gasteiger partial charge in [-0.2, -0.15) is 5.26 Å². The topological polar surface area (TPSA) is 91.8 Å². The summed E-state index contributed by atoms with van der Waals surface area (Å²) in [6.45, 7) is 5.59.